The molecule has 15 heteroatoms. The molecule has 4 nitrogen and oxygen atoms in total. The largest absolute Gasteiger partial charge is 0.419 e. The number of hydrogen-bond donors (Lipinski definition) is 1. The highest BCUT2D eigenvalue weighted by molar-refractivity contribution is 6.53. The molecule has 0 spiro atoms. The van der Waals surface area contributed by atoms with Crippen LogP contribution in [0.2, 0.25) is 5.02 Å². The van der Waals surface area contributed by atoms with Crippen LogP contribution in [0.4, 0.5) is 40.8 Å². The molecular formula is C30H20Cl3F8NO3. The van der Waals surface area contributed by atoms with Crippen molar-refractivity contribution in [2.75, 3.05) is 5.32 Å². The molecule has 45 heavy (non-hydrogen) atoms. The number of halogens is 11. The number of alkyl halides is 7. The number of anilines is 1. The van der Waals surface area contributed by atoms with E-state index < -0.39 is 99.1 Å². The van der Waals surface area contributed by atoms with E-state index in [1.54, 1.807) is 0 Å². The highest BCUT2D eigenvalue weighted by Gasteiger charge is 2.67. The first kappa shape index (κ1) is 34.6. The summed E-state index contributed by atoms with van der Waals surface area (Å²) < 4.78 is 108. The van der Waals surface area contributed by atoms with Crippen molar-refractivity contribution in [3.63, 3.8) is 0 Å². The van der Waals surface area contributed by atoms with Gasteiger partial charge in [0.15, 0.2) is 5.78 Å². The van der Waals surface area contributed by atoms with Gasteiger partial charge in [0.1, 0.15) is 21.8 Å². The Morgan fingerprint density at radius 3 is 2.16 bits per heavy atom. The molecule has 0 saturated heterocycles. The van der Waals surface area contributed by atoms with E-state index in [2.05, 4.69) is 5.32 Å². The molecule has 1 saturated carbocycles. The zero-order valence-electron chi connectivity index (χ0n) is 22.8. The van der Waals surface area contributed by atoms with Crippen molar-refractivity contribution in [2.24, 2.45) is 5.92 Å². The molecule has 1 fully saturated rings. The smallest absolute Gasteiger partial charge is 0.326 e. The second-order valence-electron chi connectivity index (χ2n) is 10.3. The second-order valence-corrected chi connectivity index (χ2v) is 12.2. The van der Waals surface area contributed by atoms with Crippen LogP contribution >= 0.6 is 34.8 Å². The van der Waals surface area contributed by atoms with E-state index in [-0.39, 0.29) is 21.8 Å². The third-order valence-corrected chi connectivity index (χ3v) is 8.60. The maximum Gasteiger partial charge on any atom is 0.419 e. The molecule has 3 aromatic carbocycles. The van der Waals surface area contributed by atoms with Gasteiger partial charge >= 0.3 is 12.1 Å². The van der Waals surface area contributed by atoms with Crippen molar-refractivity contribution in [3.05, 3.63) is 98.8 Å². The number of carbonyl (C=O) groups is 3. The molecular weight excluding hydrogens is 681 g/mol. The van der Waals surface area contributed by atoms with Gasteiger partial charge in [0, 0.05) is 42.0 Å². The zero-order valence-corrected chi connectivity index (χ0v) is 25.0. The van der Waals surface area contributed by atoms with Crippen molar-refractivity contribution in [1.82, 2.24) is 0 Å². The van der Waals surface area contributed by atoms with Gasteiger partial charge in [-0.25, -0.2) is 13.2 Å². The molecule has 240 valence electrons. The lowest BCUT2D eigenvalue weighted by Crippen LogP contribution is -2.30. The molecule has 1 aliphatic carbocycles. The van der Waals surface area contributed by atoms with Crippen molar-refractivity contribution < 1.29 is 49.5 Å². The van der Waals surface area contributed by atoms with Crippen LogP contribution in [0.3, 0.4) is 0 Å². The second kappa shape index (κ2) is 12.5. The van der Waals surface area contributed by atoms with E-state index in [9.17, 15) is 45.1 Å². The standard InChI is InChI=1S/C30H20Cl3F8NO3/c1-2-28(37,38)23(44)12-17-20(34)7-4-14(26(17)36)10-22(43)16-11-15(5-6-19(16)31)42-27(45)25-24(29(25,32)33)13-3-8-21(35)18(9-13)30(39,40)41/h3-9,11,24-25H,2,10,12H2,1H3,(H,42,45)/t24-,25+/m0/s1. The van der Waals surface area contributed by atoms with Crippen LogP contribution in [0.5, 0.6) is 0 Å². The lowest BCUT2D eigenvalue weighted by molar-refractivity contribution is -0.142. The third kappa shape index (κ3) is 7.12. The first-order valence-electron chi connectivity index (χ1n) is 13.0. The van der Waals surface area contributed by atoms with Crippen LogP contribution in [-0.2, 0) is 28.6 Å². The predicted octanol–water partition coefficient (Wildman–Crippen LogP) is 8.88. The number of rotatable bonds is 10. The minimum absolute atomic E-state index is 0.0368. The fourth-order valence-corrected chi connectivity index (χ4v) is 5.81. The molecule has 0 unspecified atom stereocenters. The van der Waals surface area contributed by atoms with E-state index in [0.717, 1.165) is 31.2 Å². The normalized spacial score (nSPS) is 17.6. The molecule has 3 aromatic rings. The summed E-state index contributed by atoms with van der Waals surface area (Å²) in [6, 6.07) is 7.33. The number of amides is 1. The molecule has 0 bridgehead atoms. The summed E-state index contributed by atoms with van der Waals surface area (Å²) in [5, 5.41) is 2.28. The average molecular weight is 701 g/mol. The van der Waals surface area contributed by atoms with Crippen molar-refractivity contribution in [2.45, 2.75) is 48.5 Å². The predicted molar refractivity (Wildman–Crippen MR) is 150 cm³/mol. The fraction of sp³-hybridized carbons (Fsp3) is 0.300. The molecule has 0 heterocycles. The summed E-state index contributed by atoms with van der Waals surface area (Å²) in [6.45, 7) is 1.03. The minimum atomic E-state index is -5.01. The van der Waals surface area contributed by atoms with Gasteiger partial charge in [0.25, 0.3) is 0 Å². The Labute approximate surface area is 265 Å². The molecule has 1 amide bonds. The molecule has 0 aromatic heterocycles. The number of Topliss-reactive ketones (excluding diaryl/α,β-unsaturated/α-hetero) is 2. The van der Waals surface area contributed by atoms with E-state index in [1.165, 1.54) is 12.1 Å². The summed E-state index contributed by atoms with van der Waals surface area (Å²) in [5.41, 5.74) is -3.32. The number of hydrogen-bond acceptors (Lipinski definition) is 3. The van der Waals surface area contributed by atoms with Gasteiger partial charge < -0.3 is 5.32 Å². The van der Waals surface area contributed by atoms with E-state index in [1.807, 2.05) is 0 Å². The van der Waals surface area contributed by atoms with Gasteiger partial charge in [0.05, 0.1) is 16.5 Å². The molecule has 0 radical (unpaired) electrons. The SMILES string of the molecule is CCC(F)(F)C(=O)Cc1c(F)ccc(CC(=O)c2cc(NC(=O)[C@H]3[C@H](c4ccc(F)c(C(F)(F)F)c4)C3(Cl)Cl)ccc2Cl)c1F. The van der Waals surface area contributed by atoms with Gasteiger partial charge in [-0.05, 0) is 47.5 Å². The van der Waals surface area contributed by atoms with Gasteiger partial charge in [0.2, 0.25) is 11.7 Å². The highest BCUT2D eigenvalue weighted by atomic mass is 35.5. The van der Waals surface area contributed by atoms with Crippen LogP contribution in [0.15, 0.2) is 48.5 Å². The number of nitrogens with one attached hydrogen (secondary N) is 1. The van der Waals surface area contributed by atoms with E-state index in [4.69, 9.17) is 34.8 Å². The van der Waals surface area contributed by atoms with Gasteiger partial charge in [-0.15, -0.1) is 23.2 Å². The lowest BCUT2D eigenvalue weighted by atomic mass is 9.96. The Bertz CT molecular complexity index is 1690. The molecule has 1 aliphatic rings. The molecule has 4 rings (SSSR count). The Kier molecular flexibility index (Phi) is 9.64. The van der Waals surface area contributed by atoms with Gasteiger partial charge in [-0.2, -0.15) is 22.0 Å². The molecule has 0 aliphatic heterocycles. The fourth-order valence-electron chi connectivity index (χ4n) is 4.76. The van der Waals surface area contributed by atoms with Crippen molar-refractivity contribution in [3.8, 4) is 0 Å². The zero-order chi connectivity index (χ0) is 33.6. The van der Waals surface area contributed by atoms with Crippen LogP contribution in [0.25, 0.3) is 0 Å². The first-order valence-corrected chi connectivity index (χ1v) is 14.2. The number of carbonyl (C=O) groups excluding carboxylic acids is 3. The summed E-state index contributed by atoms with van der Waals surface area (Å²) in [5.74, 6) is -13.8. The first-order chi connectivity index (χ1) is 20.8. The molecule has 2 atom stereocenters. The Hall–Kier alpha value is -3.22. The van der Waals surface area contributed by atoms with Crippen LogP contribution in [-0.4, -0.2) is 27.7 Å². The topological polar surface area (TPSA) is 63.2 Å². The van der Waals surface area contributed by atoms with Gasteiger partial charge in [-0.1, -0.05) is 30.7 Å². The quantitative estimate of drug-likeness (QED) is 0.131. The van der Waals surface area contributed by atoms with E-state index in [0.29, 0.717) is 12.1 Å². The summed E-state index contributed by atoms with van der Waals surface area (Å²) in [4.78, 5) is 38.0. The lowest BCUT2D eigenvalue weighted by Gasteiger charge is -2.14. The number of benzene rings is 3. The van der Waals surface area contributed by atoms with E-state index >= 15 is 4.39 Å². The summed E-state index contributed by atoms with van der Waals surface area (Å²) in [6.07, 6.45) is -7.87. The van der Waals surface area contributed by atoms with Crippen LogP contribution in [0, 0.1) is 23.4 Å². The third-order valence-electron chi connectivity index (χ3n) is 7.33. The van der Waals surface area contributed by atoms with Crippen LogP contribution < -0.4 is 5.32 Å². The minimum Gasteiger partial charge on any atom is -0.326 e. The highest BCUT2D eigenvalue weighted by Crippen LogP contribution is 2.65. The van der Waals surface area contributed by atoms with Crippen molar-refractivity contribution in [1.29, 1.82) is 0 Å². The Morgan fingerprint density at radius 1 is 0.889 bits per heavy atom. The Morgan fingerprint density at radius 2 is 1.53 bits per heavy atom. The Balaban J connectivity index is 1.53. The maximum absolute atomic E-state index is 15.1. The number of ketones is 2. The summed E-state index contributed by atoms with van der Waals surface area (Å²) >= 11 is 18.5. The van der Waals surface area contributed by atoms with Crippen molar-refractivity contribution >= 4 is 58.0 Å². The van der Waals surface area contributed by atoms with Crippen LogP contribution in [0.1, 0.15) is 51.9 Å². The molecule has 1 N–H and O–H groups in total. The van der Waals surface area contributed by atoms with Gasteiger partial charge in [-0.3, -0.25) is 14.4 Å². The monoisotopic (exact) mass is 699 g/mol. The maximum atomic E-state index is 15.1. The average Bonchev–Trinajstić information content (AvgIpc) is 3.54. The summed E-state index contributed by atoms with van der Waals surface area (Å²) in [7, 11) is 0.